The fourth-order valence-corrected chi connectivity index (χ4v) is 2.43. The number of aliphatic hydroxyl groups is 1. The molecule has 0 bridgehead atoms. The minimum absolute atomic E-state index is 0.0768. The second-order valence-corrected chi connectivity index (χ2v) is 6.83. The van der Waals surface area contributed by atoms with E-state index < -0.39 is 36.5 Å². The van der Waals surface area contributed by atoms with Crippen molar-refractivity contribution in [3.63, 3.8) is 0 Å². The van der Waals surface area contributed by atoms with Gasteiger partial charge in [-0.2, -0.15) is 35.1 Å². The van der Waals surface area contributed by atoms with Crippen molar-refractivity contribution < 1.29 is 45.0 Å². The number of alkyl halides is 8. The monoisotopic (exact) mass is 437 g/mol. The summed E-state index contributed by atoms with van der Waals surface area (Å²) in [5, 5.41) is 9.30. The number of halogens is 8. The van der Waals surface area contributed by atoms with E-state index in [1.165, 1.54) is 4.90 Å². The molecule has 0 aliphatic carbocycles. The predicted octanol–water partition coefficient (Wildman–Crippen LogP) is 4.88. The van der Waals surface area contributed by atoms with Gasteiger partial charge in [0.05, 0.1) is 6.10 Å². The Morgan fingerprint density at radius 2 is 1.52 bits per heavy atom. The van der Waals surface area contributed by atoms with Gasteiger partial charge >= 0.3 is 18.3 Å². The maximum atomic E-state index is 13.3. The molecule has 168 valence electrons. The third-order valence-corrected chi connectivity index (χ3v) is 3.96. The molecule has 0 spiro atoms. The number of benzene rings is 1. The highest BCUT2D eigenvalue weighted by molar-refractivity contribution is 5.27. The van der Waals surface area contributed by atoms with Crippen LogP contribution in [0.1, 0.15) is 31.4 Å². The number of hydrogen-bond donors (Lipinski definition) is 1. The SMILES string of the molecule is CC(C)OCCCN(Cc1ccc(C(F)(F)C(F)(F)F)cc1)CC(O)C(F)(F)F. The molecule has 3 nitrogen and oxygen atoms in total. The zero-order valence-electron chi connectivity index (χ0n) is 15.8. The molecule has 1 rings (SSSR count). The second-order valence-electron chi connectivity index (χ2n) is 6.83. The molecule has 0 saturated heterocycles. The van der Waals surface area contributed by atoms with E-state index in [1.807, 2.05) is 0 Å². The van der Waals surface area contributed by atoms with Gasteiger partial charge in [0.15, 0.2) is 6.10 Å². The molecule has 1 aromatic carbocycles. The lowest BCUT2D eigenvalue weighted by Gasteiger charge is -2.26. The summed E-state index contributed by atoms with van der Waals surface area (Å²) in [5.41, 5.74) is -1.04. The molecule has 0 aliphatic heterocycles. The summed E-state index contributed by atoms with van der Waals surface area (Å²) in [6.07, 6.45) is -13.0. The van der Waals surface area contributed by atoms with Crippen molar-refractivity contribution in [1.29, 1.82) is 0 Å². The molecular formula is C18H23F8NO2. The van der Waals surface area contributed by atoms with Crippen LogP contribution < -0.4 is 0 Å². The Labute approximate surface area is 163 Å². The molecule has 11 heteroatoms. The first kappa shape index (κ1) is 25.6. The normalized spacial score (nSPS) is 14.7. The smallest absolute Gasteiger partial charge is 0.382 e. The zero-order valence-corrected chi connectivity index (χ0v) is 15.8. The van der Waals surface area contributed by atoms with Crippen molar-refractivity contribution in [3.8, 4) is 0 Å². The Hall–Kier alpha value is -1.46. The molecule has 0 fully saturated rings. The van der Waals surface area contributed by atoms with Crippen LogP contribution in [0.4, 0.5) is 35.1 Å². The van der Waals surface area contributed by atoms with Crippen LogP contribution in [0.3, 0.4) is 0 Å². The van der Waals surface area contributed by atoms with Gasteiger partial charge in [-0.1, -0.05) is 24.3 Å². The Bertz CT molecular complexity index is 614. The maximum Gasteiger partial charge on any atom is 0.458 e. The van der Waals surface area contributed by atoms with Crippen molar-refractivity contribution in [1.82, 2.24) is 4.90 Å². The van der Waals surface area contributed by atoms with Crippen LogP contribution in [0.25, 0.3) is 0 Å². The molecule has 0 aliphatic rings. The van der Waals surface area contributed by atoms with Crippen LogP contribution in [0, 0.1) is 0 Å². The summed E-state index contributed by atoms with van der Waals surface area (Å²) in [5.74, 6) is -5.04. The van der Waals surface area contributed by atoms with E-state index in [9.17, 15) is 40.2 Å². The van der Waals surface area contributed by atoms with Crippen LogP contribution in [-0.2, 0) is 17.2 Å². The average Bonchev–Trinajstić information content (AvgIpc) is 2.57. The van der Waals surface area contributed by atoms with E-state index in [2.05, 4.69) is 0 Å². The molecule has 1 atom stereocenters. The zero-order chi connectivity index (χ0) is 22.5. The Morgan fingerprint density at radius 3 is 1.97 bits per heavy atom. The van der Waals surface area contributed by atoms with Crippen LogP contribution in [-0.4, -0.2) is 54.3 Å². The van der Waals surface area contributed by atoms with Gasteiger partial charge in [0.2, 0.25) is 0 Å². The lowest BCUT2D eigenvalue weighted by Crippen LogP contribution is -2.41. The van der Waals surface area contributed by atoms with Crippen LogP contribution >= 0.6 is 0 Å². The fraction of sp³-hybridized carbons (Fsp3) is 0.667. The molecule has 1 N–H and O–H groups in total. The van der Waals surface area contributed by atoms with Crippen molar-refractivity contribution in [2.75, 3.05) is 19.7 Å². The van der Waals surface area contributed by atoms with Crippen LogP contribution in [0.5, 0.6) is 0 Å². The van der Waals surface area contributed by atoms with E-state index in [1.54, 1.807) is 13.8 Å². The number of hydrogen-bond acceptors (Lipinski definition) is 3. The first-order valence-electron chi connectivity index (χ1n) is 8.77. The fourth-order valence-electron chi connectivity index (χ4n) is 2.43. The second kappa shape index (κ2) is 10.0. The third-order valence-electron chi connectivity index (χ3n) is 3.96. The average molecular weight is 437 g/mol. The first-order valence-corrected chi connectivity index (χ1v) is 8.77. The Balaban J connectivity index is 2.86. The standard InChI is InChI=1S/C18H23F8NO2/c1-12(2)29-9-3-8-27(11-15(28)17(21,22)23)10-13-4-6-14(7-5-13)16(19,20)18(24,25)26/h4-7,12,15,28H,3,8-11H2,1-2H3. The van der Waals surface area contributed by atoms with Gasteiger partial charge in [0.1, 0.15) is 0 Å². The van der Waals surface area contributed by atoms with Crippen molar-refractivity contribution in [2.24, 2.45) is 0 Å². The number of rotatable bonds is 10. The Kier molecular flexibility index (Phi) is 8.85. The molecule has 29 heavy (non-hydrogen) atoms. The number of nitrogens with zero attached hydrogens (tertiary/aromatic N) is 1. The quantitative estimate of drug-likeness (QED) is 0.418. The highest BCUT2D eigenvalue weighted by atomic mass is 19.4. The summed E-state index contributed by atoms with van der Waals surface area (Å²) >= 11 is 0. The van der Waals surface area contributed by atoms with Gasteiger partial charge in [-0.25, -0.2) is 0 Å². The predicted molar refractivity (Wildman–Crippen MR) is 89.4 cm³/mol. The van der Waals surface area contributed by atoms with Crippen molar-refractivity contribution in [2.45, 2.75) is 57.3 Å². The first-order chi connectivity index (χ1) is 13.1. The lowest BCUT2D eigenvalue weighted by atomic mass is 10.1. The van der Waals surface area contributed by atoms with E-state index in [0.29, 0.717) is 18.6 Å². The van der Waals surface area contributed by atoms with Gasteiger partial charge in [-0.15, -0.1) is 0 Å². The molecule has 1 aromatic rings. The third kappa shape index (κ3) is 8.06. The molecule has 1 unspecified atom stereocenters. The molecule has 0 saturated carbocycles. The summed E-state index contributed by atoms with van der Waals surface area (Å²) in [7, 11) is 0. The summed E-state index contributed by atoms with van der Waals surface area (Å²) in [6, 6.07) is 3.16. The Morgan fingerprint density at radius 1 is 0.966 bits per heavy atom. The minimum atomic E-state index is -5.76. The van der Waals surface area contributed by atoms with Gasteiger partial charge in [0.25, 0.3) is 0 Å². The largest absolute Gasteiger partial charge is 0.458 e. The molecular weight excluding hydrogens is 414 g/mol. The van der Waals surface area contributed by atoms with Crippen molar-refractivity contribution >= 4 is 0 Å². The summed E-state index contributed by atoms with van der Waals surface area (Å²) in [6.45, 7) is 2.97. The van der Waals surface area contributed by atoms with E-state index in [0.717, 1.165) is 12.1 Å². The van der Waals surface area contributed by atoms with E-state index >= 15 is 0 Å². The summed E-state index contributed by atoms with van der Waals surface area (Å²) < 4.78 is 107. The number of aliphatic hydroxyl groups excluding tert-OH is 1. The maximum absolute atomic E-state index is 13.3. The van der Waals surface area contributed by atoms with E-state index in [-0.39, 0.29) is 31.4 Å². The van der Waals surface area contributed by atoms with Crippen LogP contribution in [0.2, 0.25) is 0 Å². The van der Waals surface area contributed by atoms with Gasteiger partial charge in [-0.3, -0.25) is 4.90 Å². The highest BCUT2D eigenvalue weighted by Crippen LogP contribution is 2.43. The van der Waals surface area contributed by atoms with Crippen LogP contribution in [0.15, 0.2) is 24.3 Å². The van der Waals surface area contributed by atoms with Gasteiger partial charge in [-0.05, 0) is 25.8 Å². The highest BCUT2D eigenvalue weighted by Gasteiger charge is 2.58. The van der Waals surface area contributed by atoms with E-state index in [4.69, 9.17) is 4.74 Å². The molecule has 0 radical (unpaired) electrons. The van der Waals surface area contributed by atoms with Gasteiger partial charge in [0, 0.05) is 31.8 Å². The topological polar surface area (TPSA) is 32.7 Å². The van der Waals surface area contributed by atoms with Crippen molar-refractivity contribution in [3.05, 3.63) is 35.4 Å². The molecule has 0 heterocycles. The molecule has 0 amide bonds. The lowest BCUT2D eigenvalue weighted by molar-refractivity contribution is -0.289. The van der Waals surface area contributed by atoms with Gasteiger partial charge < -0.3 is 9.84 Å². The number of ether oxygens (including phenoxy) is 1. The summed E-state index contributed by atoms with van der Waals surface area (Å²) in [4.78, 5) is 1.23. The minimum Gasteiger partial charge on any atom is -0.382 e. The molecule has 0 aromatic heterocycles.